The molecule has 0 aliphatic carbocycles. The highest BCUT2D eigenvalue weighted by Crippen LogP contribution is 2.38. The maximum Gasteiger partial charge on any atom is 0.413 e. The lowest BCUT2D eigenvalue weighted by Gasteiger charge is -2.39. The van der Waals surface area contributed by atoms with Crippen molar-refractivity contribution in [3.63, 3.8) is 0 Å². The van der Waals surface area contributed by atoms with Crippen LogP contribution in [0.1, 0.15) is 47.5 Å². The topological polar surface area (TPSA) is 93.1 Å². The van der Waals surface area contributed by atoms with E-state index in [1.54, 1.807) is 34.6 Å². The Morgan fingerprint density at radius 2 is 1.95 bits per heavy atom. The number of aldehydes is 1. The minimum absolute atomic E-state index is 0.0193. The van der Waals surface area contributed by atoms with Crippen molar-refractivity contribution in [2.75, 3.05) is 6.61 Å². The Morgan fingerprint density at radius 3 is 2.38 bits per heavy atom. The molecule has 0 aromatic rings. The number of rotatable bonds is 4. The van der Waals surface area contributed by atoms with Gasteiger partial charge in [-0.15, -0.1) is 0 Å². The Labute approximate surface area is 124 Å². The standard InChI is InChI=1S/C14H23NO6/c1-12(2,3)21-11(19)15-13(4,5)20-9-14(15,8-16)7-6-10(17)18/h8H,6-7,9H2,1-5H3,(H,17,18)/t14-/m0/s1. The van der Waals surface area contributed by atoms with Crippen molar-refractivity contribution in [3.05, 3.63) is 0 Å². The molecule has 1 aliphatic heterocycles. The Bertz CT molecular complexity index is 439. The number of nitrogens with zero attached hydrogens (tertiary/aromatic N) is 1. The molecule has 1 saturated heterocycles. The smallest absolute Gasteiger partial charge is 0.413 e. The molecule has 1 heterocycles. The largest absolute Gasteiger partial charge is 0.481 e. The average molecular weight is 301 g/mol. The molecule has 0 unspecified atom stereocenters. The first kappa shape index (κ1) is 17.4. The zero-order chi connectivity index (χ0) is 16.5. The summed E-state index contributed by atoms with van der Waals surface area (Å²) in [7, 11) is 0. The summed E-state index contributed by atoms with van der Waals surface area (Å²) in [4.78, 5) is 36.0. The molecular weight excluding hydrogens is 278 g/mol. The highest BCUT2D eigenvalue weighted by atomic mass is 16.6. The monoisotopic (exact) mass is 301 g/mol. The van der Waals surface area contributed by atoms with Crippen molar-refractivity contribution < 1.29 is 29.0 Å². The highest BCUT2D eigenvalue weighted by Gasteiger charge is 2.55. The molecule has 7 heteroatoms. The molecule has 0 spiro atoms. The summed E-state index contributed by atoms with van der Waals surface area (Å²) in [5.41, 5.74) is -3.08. The zero-order valence-corrected chi connectivity index (χ0v) is 13.1. The van der Waals surface area contributed by atoms with Crippen LogP contribution in [0.15, 0.2) is 0 Å². The summed E-state index contributed by atoms with van der Waals surface area (Å²) < 4.78 is 10.9. The number of aliphatic carboxylic acids is 1. The Balaban J connectivity index is 3.09. The summed E-state index contributed by atoms with van der Waals surface area (Å²) in [5, 5.41) is 8.83. The molecule has 120 valence electrons. The molecule has 0 aromatic carbocycles. The van der Waals surface area contributed by atoms with Crippen molar-refractivity contribution in [1.82, 2.24) is 4.90 Å². The third kappa shape index (κ3) is 3.93. The van der Waals surface area contributed by atoms with Gasteiger partial charge in [-0.2, -0.15) is 0 Å². The first-order valence-corrected chi connectivity index (χ1v) is 6.79. The number of carboxylic acid groups (broad SMARTS) is 1. The third-order valence-electron chi connectivity index (χ3n) is 3.23. The van der Waals surface area contributed by atoms with Crippen molar-refractivity contribution in [3.8, 4) is 0 Å². The number of amides is 1. The fourth-order valence-corrected chi connectivity index (χ4v) is 2.33. The summed E-state index contributed by atoms with van der Waals surface area (Å²) in [6.45, 7) is 8.39. The molecule has 1 rings (SSSR count). The molecule has 1 fully saturated rings. The molecule has 7 nitrogen and oxygen atoms in total. The van der Waals surface area contributed by atoms with Crippen LogP contribution in [0.5, 0.6) is 0 Å². The van der Waals surface area contributed by atoms with Crippen LogP contribution >= 0.6 is 0 Å². The number of ether oxygens (including phenoxy) is 2. The van der Waals surface area contributed by atoms with E-state index in [9.17, 15) is 14.4 Å². The van der Waals surface area contributed by atoms with Crippen LogP contribution in [0.4, 0.5) is 4.79 Å². The van der Waals surface area contributed by atoms with Gasteiger partial charge >= 0.3 is 12.1 Å². The van der Waals surface area contributed by atoms with Crippen LogP contribution in [0.25, 0.3) is 0 Å². The van der Waals surface area contributed by atoms with Crippen LogP contribution in [-0.4, -0.2) is 51.8 Å². The van der Waals surface area contributed by atoms with E-state index >= 15 is 0 Å². The molecule has 0 aromatic heterocycles. The van der Waals surface area contributed by atoms with Crippen LogP contribution in [0.3, 0.4) is 0 Å². The van der Waals surface area contributed by atoms with E-state index in [4.69, 9.17) is 14.6 Å². The van der Waals surface area contributed by atoms with Gasteiger partial charge in [0.25, 0.3) is 0 Å². The Hall–Kier alpha value is -1.63. The van der Waals surface area contributed by atoms with Gasteiger partial charge in [0.2, 0.25) is 0 Å². The first-order chi connectivity index (χ1) is 9.43. The summed E-state index contributed by atoms with van der Waals surface area (Å²) in [6.07, 6.45) is -0.372. The van der Waals surface area contributed by atoms with Crippen LogP contribution in [0.2, 0.25) is 0 Å². The van der Waals surface area contributed by atoms with Gasteiger partial charge in [-0.1, -0.05) is 0 Å². The number of hydrogen-bond acceptors (Lipinski definition) is 5. The molecule has 0 radical (unpaired) electrons. The van der Waals surface area contributed by atoms with Crippen LogP contribution in [-0.2, 0) is 19.1 Å². The summed E-state index contributed by atoms with van der Waals surface area (Å²) >= 11 is 0. The van der Waals surface area contributed by atoms with Crippen molar-refractivity contribution >= 4 is 18.3 Å². The summed E-state index contributed by atoms with van der Waals surface area (Å²) in [5.74, 6) is -1.04. The minimum Gasteiger partial charge on any atom is -0.481 e. The Kier molecular flexibility index (Phi) is 4.67. The van der Waals surface area contributed by atoms with E-state index in [-0.39, 0.29) is 19.4 Å². The second-order valence-electron chi connectivity index (χ2n) is 6.67. The van der Waals surface area contributed by atoms with E-state index in [0.29, 0.717) is 6.29 Å². The van der Waals surface area contributed by atoms with Gasteiger partial charge in [-0.25, -0.2) is 4.79 Å². The molecule has 21 heavy (non-hydrogen) atoms. The predicted molar refractivity (Wildman–Crippen MR) is 73.8 cm³/mol. The molecular formula is C14H23NO6. The number of hydrogen-bond donors (Lipinski definition) is 1. The maximum absolute atomic E-state index is 12.4. The van der Waals surface area contributed by atoms with Gasteiger partial charge in [-0.05, 0) is 41.0 Å². The van der Waals surface area contributed by atoms with Crippen molar-refractivity contribution in [2.24, 2.45) is 0 Å². The van der Waals surface area contributed by atoms with Gasteiger partial charge < -0.3 is 19.4 Å². The lowest BCUT2D eigenvalue weighted by Crippen LogP contribution is -2.58. The minimum atomic E-state index is -1.32. The molecule has 1 amide bonds. The fraction of sp³-hybridized carbons (Fsp3) is 0.786. The van der Waals surface area contributed by atoms with E-state index in [1.165, 1.54) is 4.90 Å². The second-order valence-corrected chi connectivity index (χ2v) is 6.67. The fourth-order valence-electron chi connectivity index (χ4n) is 2.33. The van der Waals surface area contributed by atoms with E-state index in [1.807, 2.05) is 0 Å². The lowest BCUT2D eigenvalue weighted by atomic mass is 9.94. The van der Waals surface area contributed by atoms with Gasteiger partial charge in [0.05, 0.1) is 6.61 Å². The Morgan fingerprint density at radius 1 is 1.38 bits per heavy atom. The summed E-state index contributed by atoms with van der Waals surface area (Å²) in [6, 6.07) is 0. The number of carbonyl (C=O) groups excluding carboxylic acids is 2. The van der Waals surface area contributed by atoms with Crippen LogP contribution < -0.4 is 0 Å². The lowest BCUT2D eigenvalue weighted by molar-refractivity contribution is -0.138. The molecule has 1 atom stereocenters. The maximum atomic E-state index is 12.4. The van der Waals surface area contributed by atoms with Crippen molar-refractivity contribution in [1.29, 1.82) is 0 Å². The van der Waals surface area contributed by atoms with E-state index in [0.717, 1.165) is 0 Å². The molecule has 1 N–H and O–H groups in total. The third-order valence-corrected chi connectivity index (χ3v) is 3.23. The van der Waals surface area contributed by atoms with Crippen LogP contribution in [0, 0.1) is 0 Å². The van der Waals surface area contributed by atoms with E-state index in [2.05, 4.69) is 0 Å². The number of carbonyl (C=O) groups is 3. The van der Waals surface area contributed by atoms with Gasteiger partial charge in [0.1, 0.15) is 23.2 Å². The SMILES string of the molecule is CC(C)(C)OC(=O)N1C(C)(C)OC[C@@]1(C=O)CCC(=O)O. The second kappa shape index (κ2) is 5.63. The highest BCUT2D eigenvalue weighted by molar-refractivity contribution is 5.79. The molecule has 0 saturated carbocycles. The van der Waals surface area contributed by atoms with Gasteiger partial charge in [0, 0.05) is 6.42 Å². The predicted octanol–water partition coefficient (Wildman–Crippen LogP) is 1.79. The average Bonchev–Trinajstić information content (AvgIpc) is 2.56. The van der Waals surface area contributed by atoms with E-state index < -0.39 is 28.9 Å². The van der Waals surface area contributed by atoms with Gasteiger partial charge in [-0.3, -0.25) is 9.69 Å². The number of carboxylic acids is 1. The zero-order valence-electron chi connectivity index (χ0n) is 13.1. The van der Waals surface area contributed by atoms with Gasteiger partial charge in [0.15, 0.2) is 0 Å². The molecule has 0 bridgehead atoms. The van der Waals surface area contributed by atoms with Crippen molar-refractivity contribution in [2.45, 2.75) is 64.3 Å². The normalized spacial score (nSPS) is 24.7. The molecule has 1 aliphatic rings. The quantitative estimate of drug-likeness (QED) is 0.796. The first-order valence-electron chi connectivity index (χ1n) is 6.79.